The second-order valence-electron chi connectivity index (χ2n) is 4.82. The quantitative estimate of drug-likeness (QED) is 0.730. The van der Waals surface area contributed by atoms with Gasteiger partial charge in [0.1, 0.15) is 0 Å². The lowest BCUT2D eigenvalue weighted by Crippen LogP contribution is -2.42. The van der Waals surface area contributed by atoms with Crippen molar-refractivity contribution in [1.29, 1.82) is 0 Å². The van der Waals surface area contributed by atoms with Gasteiger partial charge in [-0.15, -0.1) is 0 Å². The van der Waals surface area contributed by atoms with Gasteiger partial charge in [-0.1, -0.05) is 6.92 Å². The molecule has 0 radical (unpaired) electrons. The molecular weight excluding hydrogens is 176 g/mol. The topological polar surface area (TPSA) is 32.3 Å². The van der Waals surface area contributed by atoms with Crippen LogP contribution in [0.2, 0.25) is 0 Å². The summed E-state index contributed by atoms with van der Waals surface area (Å²) in [6.07, 6.45) is 4.93. The van der Waals surface area contributed by atoms with E-state index in [0.717, 1.165) is 19.0 Å². The molecule has 2 rings (SSSR count). The summed E-state index contributed by atoms with van der Waals surface area (Å²) in [5, 5.41) is 3.04. The monoisotopic (exact) mass is 196 g/mol. The van der Waals surface area contributed by atoms with Crippen LogP contribution in [0, 0.1) is 5.92 Å². The van der Waals surface area contributed by atoms with E-state index in [0.29, 0.717) is 12.6 Å². The molecular formula is C11H20N2O. The summed E-state index contributed by atoms with van der Waals surface area (Å²) in [6.45, 7) is 5.08. The maximum atomic E-state index is 11.5. The summed E-state index contributed by atoms with van der Waals surface area (Å²) < 4.78 is 0. The average Bonchev–Trinajstić information content (AvgIpc) is 2.87. The van der Waals surface area contributed by atoms with Crippen molar-refractivity contribution in [3.63, 3.8) is 0 Å². The molecule has 1 amide bonds. The van der Waals surface area contributed by atoms with Crippen molar-refractivity contribution >= 4 is 5.91 Å². The van der Waals surface area contributed by atoms with Gasteiger partial charge < -0.3 is 5.32 Å². The third-order valence-electron chi connectivity index (χ3n) is 3.05. The first-order valence-corrected chi connectivity index (χ1v) is 5.76. The summed E-state index contributed by atoms with van der Waals surface area (Å²) in [5.74, 6) is 0.985. The van der Waals surface area contributed by atoms with E-state index in [1.54, 1.807) is 0 Å². The zero-order chi connectivity index (χ0) is 9.97. The number of rotatable bonds is 3. The highest BCUT2D eigenvalue weighted by Gasteiger charge is 2.25. The average molecular weight is 196 g/mol. The number of likely N-dealkylation sites (tertiary alicyclic amines) is 1. The van der Waals surface area contributed by atoms with Gasteiger partial charge in [0.2, 0.25) is 5.91 Å². The molecule has 2 fully saturated rings. The predicted molar refractivity (Wildman–Crippen MR) is 56.0 cm³/mol. The lowest BCUT2D eigenvalue weighted by atomic mass is 10.0. The molecule has 1 atom stereocenters. The maximum Gasteiger partial charge on any atom is 0.234 e. The Labute approximate surface area is 85.8 Å². The van der Waals surface area contributed by atoms with Gasteiger partial charge in [-0.2, -0.15) is 0 Å². The van der Waals surface area contributed by atoms with Gasteiger partial charge in [0.15, 0.2) is 0 Å². The fraction of sp³-hybridized carbons (Fsp3) is 0.909. The Morgan fingerprint density at radius 2 is 2.21 bits per heavy atom. The predicted octanol–water partition coefficient (Wildman–Crippen LogP) is 0.997. The smallest absolute Gasteiger partial charge is 0.234 e. The van der Waals surface area contributed by atoms with E-state index in [9.17, 15) is 4.79 Å². The van der Waals surface area contributed by atoms with Gasteiger partial charge in [-0.25, -0.2) is 0 Å². The largest absolute Gasteiger partial charge is 0.352 e. The Balaban J connectivity index is 1.69. The minimum atomic E-state index is 0.224. The Morgan fingerprint density at radius 3 is 2.86 bits per heavy atom. The van der Waals surface area contributed by atoms with Gasteiger partial charge >= 0.3 is 0 Å². The minimum Gasteiger partial charge on any atom is -0.352 e. The van der Waals surface area contributed by atoms with Crippen LogP contribution in [0.25, 0.3) is 0 Å². The van der Waals surface area contributed by atoms with Crippen LogP contribution in [0.1, 0.15) is 32.6 Å². The zero-order valence-electron chi connectivity index (χ0n) is 8.96. The minimum absolute atomic E-state index is 0.224. The highest BCUT2D eigenvalue weighted by atomic mass is 16.2. The molecule has 0 spiro atoms. The summed E-state index contributed by atoms with van der Waals surface area (Å²) in [5.41, 5.74) is 0. The zero-order valence-corrected chi connectivity index (χ0v) is 8.96. The van der Waals surface area contributed by atoms with E-state index in [1.165, 1.54) is 25.7 Å². The summed E-state index contributed by atoms with van der Waals surface area (Å²) in [6, 6.07) is 0.504. The van der Waals surface area contributed by atoms with Crippen molar-refractivity contribution in [3.05, 3.63) is 0 Å². The number of carbonyl (C=O) groups excluding carboxylic acids is 1. The van der Waals surface area contributed by atoms with Crippen LogP contribution in [-0.2, 0) is 4.79 Å². The molecule has 0 aromatic rings. The van der Waals surface area contributed by atoms with E-state index in [4.69, 9.17) is 0 Å². The molecule has 3 heteroatoms. The number of piperidine rings is 1. The van der Waals surface area contributed by atoms with Crippen LogP contribution in [0.3, 0.4) is 0 Å². The van der Waals surface area contributed by atoms with Crippen molar-refractivity contribution in [2.45, 2.75) is 38.6 Å². The van der Waals surface area contributed by atoms with Crippen LogP contribution in [-0.4, -0.2) is 36.5 Å². The molecule has 0 bridgehead atoms. The van der Waals surface area contributed by atoms with Crippen LogP contribution in [0.15, 0.2) is 0 Å². The van der Waals surface area contributed by atoms with E-state index >= 15 is 0 Å². The van der Waals surface area contributed by atoms with Crippen LogP contribution < -0.4 is 5.32 Å². The fourth-order valence-electron chi connectivity index (χ4n) is 2.13. The lowest BCUT2D eigenvalue weighted by Gasteiger charge is -2.30. The molecule has 0 unspecified atom stereocenters. The van der Waals surface area contributed by atoms with E-state index in [2.05, 4.69) is 17.1 Å². The van der Waals surface area contributed by atoms with Gasteiger partial charge in [-0.05, 0) is 38.1 Å². The molecule has 1 aliphatic carbocycles. The number of amides is 1. The van der Waals surface area contributed by atoms with Crippen molar-refractivity contribution in [1.82, 2.24) is 10.2 Å². The third kappa shape index (κ3) is 2.98. The Kier molecular flexibility index (Phi) is 3.06. The first kappa shape index (κ1) is 9.97. The van der Waals surface area contributed by atoms with Gasteiger partial charge in [0, 0.05) is 12.6 Å². The Morgan fingerprint density at radius 1 is 1.43 bits per heavy atom. The molecule has 1 saturated carbocycles. The number of carbonyl (C=O) groups is 1. The van der Waals surface area contributed by atoms with Crippen LogP contribution in [0.4, 0.5) is 0 Å². The molecule has 14 heavy (non-hydrogen) atoms. The van der Waals surface area contributed by atoms with Crippen LogP contribution >= 0.6 is 0 Å². The Hall–Kier alpha value is -0.570. The Bertz CT molecular complexity index is 213. The lowest BCUT2D eigenvalue weighted by molar-refractivity contribution is -0.122. The van der Waals surface area contributed by atoms with Crippen molar-refractivity contribution in [3.8, 4) is 0 Å². The SMILES string of the molecule is C[C@@H]1CCCN(CC(=O)NC2CC2)C1. The first-order chi connectivity index (χ1) is 6.74. The first-order valence-electron chi connectivity index (χ1n) is 5.76. The van der Waals surface area contributed by atoms with E-state index in [1.807, 2.05) is 0 Å². The van der Waals surface area contributed by atoms with Gasteiger partial charge in [0.25, 0.3) is 0 Å². The molecule has 1 N–H and O–H groups in total. The van der Waals surface area contributed by atoms with Gasteiger partial charge in [0.05, 0.1) is 6.54 Å². The number of nitrogens with zero attached hydrogens (tertiary/aromatic N) is 1. The number of nitrogens with one attached hydrogen (secondary N) is 1. The summed E-state index contributed by atoms with van der Waals surface area (Å²) in [4.78, 5) is 13.8. The highest BCUT2D eigenvalue weighted by Crippen LogP contribution is 2.19. The van der Waals surface area contributed by atoms with Gasteiger partial charge in [-0.3, -0.25) is 9.69 Å². The summed E-state index contributed by atoms with van der Waals surface area (Å²) in [7, 11) is 0. The van der Waals surface area contributed by atoms with Crippen molar-refractivity contribution in [2.24, 2.45) is 5.92 Å². The number of hydrogen-bond donors (Lipinski definition) is 1. The normalized spacial score (nSPS) is 28.8. The molecule has 1 saturated heterocycles. The molecule has 2 aliphatic rings. The van der Waals surface area contributed by atoms with E-state index < -0.39 is 0 Å². The standard InChI is InChI=1S/C11H20N2O/c1-9-3-2-6-13(7-9)8-11(14)12-10-4-5-10/h9-10H,2-8H2,1H3,(H,12,14)/t9-/m1/s1. The highest BCUT2D eigenvalue weighted by molar-refractivity contribution is 5.78. The maximum absolute atomic E-state index is 11.5. The molecule has 0 aromatic carbocycles. The fourth-order valence-corrected chi connectivity index (χ4v) is 2.13. The van der Waals surface area contributed by atoms with Crippen molar-refractivity contribution in [2.75, 3.05) is 19.6 Å². The summed E-state index contributed by atoms with van der Waals surface area (Å²) >= 11 is 0. The van der Waals surface area contributed by atoms with E-state index in [-0.39, 0.29) is 5.91 Å². The molecule has 1 heterocycles. The molecule has 3 nitrogen and oxygen atoms in total. The second-order valence-corrected chi connectivity index (χ2v) is 4.82. The molecule has 1 aliphatic heterocycles. The third-order valence-corrected chi connectivity index (χ3v) is 3.05. The second kappa shape index (κ2) is 4.30. The molecule has 80 valence electrons. The molecule has 0 aromatic heterocycles. The van der Waals surface area contributed by atoms with Crippen molar-refractivity contribution < 1.29 is 4.79 Å². The van der Waals surface area contributed by atoms with Crippen LogP contribution in [0.5, 0.6) is 0 Å². The number of hydrogen-bond acceptors (Lipinski definition) is 2.